The van der Waals surface area contributed by atoms with Crippen molar-refractivity contribution < 1.29 is 9.90 Å². The monoisotopic (exact) mass is 306 g/mol. The van der Waals surface area contributed by atoms with Gasteiger partial charge in [-0.15, -0.1) is 0 Å². The molecule has 0 aliphatic carbocycles. The molecule has 2 rings (SSSR count). The number of carbonyl (C=O) groups excluding carboxylic acids is 1. The number of amides is 1. The fourth-order valence-electron chi connectivity index (χ4n) is 1.57. The van der Waals surface area contributed by atoms with Crippen LogP contribution < -0.4 is 5.32 Å². The largest absolute Gasteiger partial charge is 0.508 e. The van der Waals surface area contributed by atoms with E-state index in [0.717, 1.165) is 0 Å². The number of phenolic OH excluding ortho intramolecular Hbond substituents is 1. The number of phenols is 1. The van der Waals surface area contributed by atoms with E-state index in [9.17, 15) is 9.90 Å². The summed E-state index contributed by atoms with van der Waals surface area (Å²) in [7, 11) is 0. The van der Waals surface area contributed by atoms with Crippen LogP contribution in [0.4, 0.5) is 5.69 Å². The number of aromatic hydroxyl groups is 1. The Labute approximate surface area is 125 Å². The predicted octanol–water partition coefficient (Wildman–Crippen LogP) is 3.82. The van der Waals surface area contributed by atoms with E-state index in [1.165, 1.54) is 30.3 Å². The van der Waals surface area contributed by atoms with Gasteiger partial charge in [0.05, 0.1) is 32.9 Å². The Kier molecular flexibility index (Phi) is 4.14. The molecule has 2 aromatic carbocycles. The average molecular weight is 307 g/mol. The van der Waals surface area contributed by atoms with Crippen molar-refractivity contribution in [3.63, 3.8) is 0 Å². The lowest BCUT2D eigenvalue weighted by molar-refractivity contribution is 0.102. The Morgan fingerprint density at radius 1 is 1.15 bits per heavy atom. The van der Waals surface area contributed by atoms with Gasteiger partial charge in [-0.3, -0.25) is 4.79 Å². The van der Waals surface area contributed by atoms with Gasteiger partial charge in [0, 0.05) is 0 Å². The predicted molar refractivity (Wildman–Crippen MR) is 77.2 cm³/mol. The van der Waals surface area contributed by atoms with E-state index in [4.69, 9.17) is 28.5 Å². The summed E-state index contributed by atoms with van der Waals surface area (Å²) in [5, 5.41) is 21.3. The molecule has 0 spiro atoms. The second-order valence-electron chi connectivity index (χ2n) is 3.92. The van der Waals surface area contributed by atoms with Gasteiger partial charge in [0.15, 0.2) is 0 Å². The number of benzene rings is 2. The van der Waals surface area contributed by atoms with Crippen molar-refractivity contribution in [1.29, 1.82) is 5.26 Å². The van der Waals surface area contributed by atoms with Crippen LogP contribution in [0, 0.1) is 11.3 Å². The van der Waals surface area contributed by atoms with Crippen molar-refractivity contribution in [3.05, 3.63) is 57.6 Å². The number of nitrogens with zero attached hydrogens (tertiary/aromatic N) is 1. The van der Waals surface area contributed by atoms with Crippen LogP contribution in [-0.4, -0.2) is 11.0 Å². The van der Waals surface area contributed by atoms with Crippen molar-refractivity contribution in [3.8, 4) is 11.8 Å². The van der Waals surface area contributed by atoms with Crippen molar-refractivity contribution in [2.45, 2.75) is 0 Å². The van der Waals surface area contributed by atoms with Crippen LogP contribution in [0.5, 0.6) is 5.75 Å². The summed E-state index contributed by atoms with van der Waals surface area (Å²) < 4.78 is 0. The highest BCUT2D eigenvalue weighted by Gasteiger charge is 2.13. The molecular weight excluding hydrogens is 299 g/mol. The number of hydrogen-bond acceptors (Lipinski definition) is 3. The number of anilines is 1. The summed E-state index contributed by atoms with van der Waals surface area (Å²) in [6.45, 7) is 0. The standard InChI is InChI=1S/C14H8Cl2N2O2/c15-11-4-2-9(19)6-10(11)14(20)18-13-5-8(7-17)1-3-12(13)16/h1-6,19H,(H,18,20). The normalized spacial score (nSPS) is 9.85. The molecule has 0 aromatic heterocycles. The summed E-state index contributed by atoms with van der Waals surface area (Å²) >= 11 is 11.8. The van der Waals surface area contributed by atoms with Gasteiger partial charge >= 0.3 is 0 Å². The van der Waals surface area contributed by atoms with E-state index < -0.39 is 5.91 Å². The van der Waals surface area contributed by atoms with Crippen molar-refractivity contribution in [2.24, 2.45) is 0 Å². The average Bonchev–Trinajstić information content (AvgIpc) is 2.43. The van der Waals surface area contributed by atoms with Crippen LogP contribution in [-0.2, 0) is 0 Å². The molecule has 0 bridgehead atoms. The molecule has 0 heterocycles. The first-order chi connectivity index (χ1) is 9.51. The molecule has 4 nitrogen and oxygen atoms in total. The van der Waals surface area contributed by atoms with Crippen LogP contribution in [0.3, 0.4) is 0 Å². The maximum Gasteiger partial charge on any atom is 0.257 e. The number of nitrogens with one attached hydrogen (secondary N) is 1. The fourth-order valence-corrected chi connectivity index (χ4v) is 1.94. The Morgan fingerprint density at radius 2 is 1.85 bits per heavy atom. The van der Waals surface area contributed by atoms with Crippen molar-refractivity contribution >= 4 is 34.8 Å². The first kappa shape index (κ1) is 14.2. The summed E-state index contributed by atoms with van der Waals surface area (Å²) in [5.74, 6) is -0.598. The van der Waals surface area contributed by atoms with E-state index >= 15 is 0 Å². The van der Waals surface area contributed by atoms with Crippen LogP contribution in [0.2, 0.25) is 10.0 Å². The third-order valence-electron chi connectivity index (χ3n) is 2.54. The molecule has 0 aliphatic heterocycles. The molecule has 0 fully saturated rings. The number of halogens is 2. The van der Waals surface area contributed by atoms with Gasteiger partial charge in [0.1, 0.15) is 5.75 Å². The second-order valence-corrected chi connectivity index (χ2v) is 4.74. The van der Waals surface area contributed by atoms with Gasteiger partial charge < -0.3 is 10.4 Å². The quantitative estimate of drug-likeness (QED) is 0.885. The highest BCUT2D eigenvalue weighted by molar-refractivity contribution is 6.36. The van der Waals surface area contributed by atoms with Crippen LogP contribution in [0.25, 0.3) is 0 Å². The van der Waals surface area contributed by atoms with Gasteiger partial charge in [-0.2, -0.15) is 5.26 Å². The van der Waals surface area contributed by atoms with E-state index in [-0.39, 0.29) is 16.3 Å². The first-order valence-electron chi connectivity index (χ1n) is 5.51. The molecule has 0 radical (unpaired) electrons. The van der Waals surface area contributed by atoms with E-state index in [0.29, 0.717) is 16.3 Å². The Balaban J connectivity index is 2.33. The smallest absolute Gasteiger partial charge is 0.257 e. The molecule has 0 aliphatic rings. The maximum absolute atomic E-state index is 12.1. The lowest BCUT2D eigenvalue weighted by Crippen LogP contribution is -2.12. The molecule has 2 aromatic rings. The number of carbonyl (C=O) groups is 1. The highest BCUT2D eigenvalue weighted by Crippen LogP contribution is 2.26. The summed E-state index contributed by atoms with van der Waals surface area (Å²) in [6, 6.07) is 10.5. The summed E-state index contributed by atoms with van der Waals surface area (Å²) in [5.41, 5.74) is 0.784. The minimum atomic E-state index is -0.525. The third-order valence-corrected chi connectivity index (χ3v) is 3.20. The Bertz CT molecular complexity index is 724. The zero-order valence-electron chi connectivity index (χ0n) is 10.0. The lowest BCUT2D eigenvalue weighted by Gasteiger charge is -2.09. The molecular formula is C14H8Cl2N2O2. The molecule has 100 valence electrons. The minimum absolute atomic E-state index is 0.0728. The van der Waals surface area contributed by atoms with Crippen LogP contribution >= 0.6 is 23.2 Å². The third kappa shape index (κ3) is 3.02. The Hall–Kier alpha value is -2.22. The lowest BCUT2D eigenvalue weighted by atomic mass is 10.1. The first-order valence-corrected chi connectivity index (χ1v) is 6.26. The number of hydrogen-bond donors (Lipinski definition) is 2. The maximum atomic E-state index is 12.1. The number of nitriles is 1. The zero-order chi connectivity index (χ0) is 14.7. The van der Waals surface area contributed by atoms with Gasteiger partial charge in [0.25, 0.3) is 5.91 Å². The highest BCUT2D eigenvalue weighted by atomic mass is 35.5. The van der Waals surface area contributed by atoms with E-state index in [1.54, 1.807) is 6.07 Å². The van der Waals surface area contributed by atoms with Gasteiger partial charge in [-0.25, -0.2) is 0 Å². The van der Waals surface area contributed by atoms with Gasteiger partial charge in [0.2, 0.25) is 0 Å². The van der Waals surface area contributed by atoms with E-state index in [1.807, 2.05) is 6.07 Å². The van der Waals surface area contributed by atoms with Crippen LogP contribution in [0.15, 0.2) is 36.4 Å². The summed E-state index contributed by atoms with van der Waals surface area (Å²) in [6.07, 6.45) is 0. The molecule has 2 N–H and O–H groups in total. The minimum Gasteiger partial charge on any atom is -0.508 e. The van der Waals surface area contributed by atoms with Crippen molar-refractivity contribution in [1.82, 2.24) is 0 Å². The summed E-state index contributed by atoms with van der Waals surface area (Å²) in [4.78, 5) is 12.1. The zero-order valence-corrected chi connectivity index (χ0v) is 11.5. The van der Waals surface area contributed by atoms with E-state index in [2.05, 4.69) is 5.32 Å². The molecule has 0 atom stereocenters. The molecule has 0 saturated heterocycles. The molecule has 1 amide bonds. The van der Waals surface area contributed by atoms with Gasteiger partial charge in [-0.1, -0.05) is 23.2 Å². The van der Waals surface area contributed by atoms with Gasteiger partial charge in [-0.05, 0) is 36.4 Å². The molecule has 0 unspecified atom stereocenters. The topological polar surface area (TPSA) is 73.1 Å². The van der Waals surface area contributed by atoms with Crippen LogP contribution in [0.1, 0.15) is 15.9 Å². The molecule has 0 saturated carbocycles. The fraction of sp³-hybridized carbons (Fsp3) is 0. The molecule has 6 heteroatoms. The Morgan fingerprint density at radius 3 is 2.55 bits per heavy atom. The van der Waals surface area contributed by atoms with Crippen molar-refractivity contribution in [2.75, 3.05) is 5.32 Å². The second kappa shape index (κ2) is 5.83. The number of rotatable bonds is 2. The SMILES string of the molecule is N#Cc1ccc(Cl)c(NC(=O)c2cc(O)ccc2Cl)c1. The molecule has 20 heavy (non-hydrogen) atoms.